The summed E-state index contributed by atoms with van der Waals surface area (Å²) >= 11 is 1.33. The van der Waals surface area contributed by atoms with E-state index in [1.54, 1.807) is 16.4 Å². The van der Waals surface area contributed by atoms with E-state index < -0.39 is 17.6 Å². The van der Waals surface area contributed by atoms with Crippen molar-refractivity contribution in [2.24, 2.45) is 5.73 Å². The minimum atomic E-state index is -2.65. The largest absolute Gasteiger partial charge is 0.398 e. The van der Waals surface area contributed by atoms with E-state index in [4.69, 9.17) is 16.9 Å². The van der Waals surface area contributed by atoms with Crippen molar-refractivity contribution in [3.05, 3.63) is 52.2 Å². The number of amidine groups is 1. The Bertz CT molecular complexity index is 806. The Hall–Kier alpha value is -1.93. The van der Waals surface area contributed by atoms with Crippen LogP contribution in [0.15, 0.2) is 35.3 Å². The molecule has 27 heavy (non-hydrogen) atoms. The predicted octanol–water partition coefficient (Wildman–Crippen LogP) is 4.39. The van der Waals surface area contributed by atoms with Crippen molar-refractivity contribution >= 4 is 23.5 Å². The van der Waals surface area contributed by atoms with Crippen LogP contribution in [0, 0.1) is 11.2 Å². The first-order chi connectivity index (χ1) is 12.7. The predicted molar refractivity (Wildman–Crippen MR) is 104 cm³/mol. The van der Waals surface area contributed by atoms with E-state index in [2.05, 4.69) is 0 Å². The highest BCUT2D eigenvalue weighted by Crippen LogP contribution is 2.42. The van der Waals surface area contributed by atoms with Gasteiger partial charge in [0.05, 0.1) is 12.1 Å². The molecule has 1 aliphatic carbocycles. The van der Waals surface area contributed by atoms with Crippen molar-refractivity contribution in [3.63, 3.8) is 0 Å². The second-order valence-corrected chi connectivity index (χ2v) is 8.07. The highest BCUT2D eigenvalue weighted by molar-refractivity contribution is 8.01. The molecule has 0 radical (unpaired) electrons. The van der Waals surface area contributed by atoms with Crippen LogP contribution in [0.2, 0.25) is 0 Å². The molecule has 0 saturated carbocycles. The zero-order valence-corrected chi connectivity index (χ0v) is 15.8. The van der Waals surface area contributed by atoms with Gasteiger partial charge in [-0.25, -0.2) is 17.5 Å². The van der Waals surface area contributed by atoms with Crippen molar-refractivity contribution in [1.29, 1.82) is 5.41 Å². The van der Waals surface area contributed by atoms with Gasteiger partial charge in [0.1, 0.15) is 11.7 Å². The highest BCUT2D eigenvalue weighted by Gasteiger charge is 2.44. The van der Waals surface area contributed by atoms with Gasteiger partial charge in [-0.15, -0.1) is 0 Å². The summed E-state index contributed by atoms with van der Waals surface area (Å²) in [6, 6.07) is 3.01. The Kier molecular flexibility index (Phi) is 5.58. The number of hydrogen-bond acceptors (Lipinski definition) is 4. The van der Waals surface area contributed by atoms with Crippen molar-refractivity contribution in [1.82, 2.24) is 4.31 Å². The fourth-order valence-corrected chi connectivity index (χ4v) is 4.73. The van der Waals surface area contributed by atoms with Gasteiger partial charge in [-0.05, 0) is 36.4 Å². The molecule has 5 N–H and O–H groups in total. The lowest BCUT2D eigenvalue weighted by Gasteiger charge is -2.24. The van der Waals surface area contributed by atoms with Crippen molar-refractivity contribution in [2.75, 3.05) is 12.3 Å². The van der Waals surface area contributed by atoms with Crippen molar-refractivity contribution in [3.8, 4) is 0 Å². The molecule has 1 saturated heterocycles. The van der Waals surface area contributed by atoms with Gasteiger partial charge in [0, 0.05) is 29.0 Å². The lowest BCUT2D eigenvalue weighted by molar-refractivity contribution is 0.0176. The number of anilines is 1. The fourth-order valence-electron chi connectivity index (χ4n) is 3.52. The Balaban J connectivity index is 1.72. The molecule has 1 aromatic carbocycles. The van der Waals surface area contributed by atoms with Crippen molar-refractivity contribution < 1.29 is 13.2 Å². The van der Waals surface area contributed by atoms with Crippen LogP contribution in [0.1, 0.15) is 43.2 Å². The molecule has 1 aromatic rings. The zero-order valence-electron chi connectivity index (χ0n) is 15.0. The summed E-state index contributed by atoms with van der Waals surface area (Å²) in [6.45, 7) is 1.66. The third-order valence-corrected chi connectivity index (χ3v) is 6.14. The first-order valence-electron chi connectivity index (χ1n) is 8.85. The fraction of sp³-hybridized carbons (Fsp3) is 0.421. The number of nitrogens with one attached hydrogen (secondary N) is 1. The first-order valence-corrected chi connectivity index (χ1v) is 9.62. The summed E-state index contributed by atoms with van der Waals surface area (Å²) in [5, 5.41) is 7.51. The minimum Gasteiger partial charge on any atom is -0.398 e. The number of hydrogen-bond donors (Lipinski definition) is 3. The summed E-state index contributed by atoms with van der Waals surface area (Å²) in [6.07, 6.45) is 6.73. The number of rotatable bonds is 5. The van der Waals surface area contributed by atoms with E-state index in [-0.39, 0.29) is 36.2 Å². The van der Waals surface area contributed by atoms with E-state index in [0.29, 0.717) is 18.4 Å². The van der Waals surface area contributed by atoms with E-state index in [9.17, 15) is 13.2 Å². The highest BCUT2D eigenvalue weighted by atomic mass is 32.2. The van der Waals surface area contributed by atoms with E-state index in [0.717, 1.165) is 4.91 Å². The second kappa shape index (κ2) is 7.59. The second-order valence-electron chi connectivity index (χ2n) is 6.94. The molecular weight excluding hydrogens is 373 g/mol. The Morgan fingerprint density at radius 2 is 2.15 bits per heavy atom. The van der Waals surface area contributed by atoms with Crippen LogP contribution in [0.3, 0.4) is 0 Å². The van der Waals surface area contributed by atoms with E-state index >= 15 is 0 Å². The van der Waals surface area contributed by atoms with Crippen LogP contribution < -0.4 is 11.5 Å². The van der Waals surface area contributed by atoms with Crippen LogP contribution in [0.5, 0.6) is 0 Å². The van der Waals surface area contributed by atoms with Gasteiger partial charge in [-0.2, -0.15) is 0 Å². The van der Waals surface area contributed by atoms with Crippen LogP contribution >= 0.6 is 11.9 Å². The molecule has 0 aromatic heterocycles. The molecule has 0 bridgehead atoms. The summed E-state index contributed by atoms with van der Waals surface area (Å²) in [5.74, 6) is -3.84. The lowest BCUT2D eigenvalue weighted by atomic mass is 9.90. The molecule has 3 rings (SSSR count). The SMILES string of the molecule is CCC1CC(F)(F)CN1SC1=CCC(c2ccc(N)c(C(=N)N)c2F)C=C1. The van der Waals surface area contributed by atoms with Crippen LogP contribution in [0.25, 0.3) is 0 Å². The summed E-state index contributed by atoms with van der Waals surface area (Å²) in [5.41, 5.74) is 11.6. The van der Waals surface area contributed by atoms with Gasteiger partial charge >= 0.3 is 0 Å². The maximum Gasteiger partial charge on any atom is 0.263 e. The molecule has 2 aliphatic rings. The molecule has 1 fully saturated rings. The molecule has 4 nitrogen and oxygen atoms in total. The monoisotopic (exact) mass is 396 g/mol. The lowest BCUT2D eigenvalue weighted by Crippen LogP contribution is -2.23. The summed E-state index contributed by atoms with van der Waals surface area (Å²) in [4.78, 5) is 0.880. The van der Waals surface area contributed by atoms with Crippen molar-refractivity contribution in [2.45, 2.75) is 44.1 Å². The zero-order chi connectivity index (χ0) is 19.8. The number of alkyl halides is 2. The van der Waals surface area contributed by atoms with E-state index in [1.807, 2.05) is 25.2 Å². The molecule has 1 aliphatic heterocycles. The average molecular weight is 396 g/mol. The average Bonchev–Trinajstić information content (AvgIpc) is 2.89. The third kappa shape index (κ3) is 4.16. The number of nitrogens with two attached hydrogens (primary N) is 2. The Morgan fingerprint density at radius 3 is 2.74 bits per heavy atom. The summed E-state index contributed by atoms with van der Waals surface area (Å²) in [7, 11) is 0. The molecule has 0 spiro atoms. The molecule has 8 heteroatoms. The molecule has 2 unspecified atom stereocenters. The van der Waals surface area contributed by atoms with Gasteiger partial charge in [-0.3, -0.25) is 5.41 Å². The number of benzene rings is 1. The summed E-state index contributed by atoms with van der Waals surface area (Å²) < 4.78 is 43.8. The Labute approximate surface area is 161 Å². The van der Waals surface area contributed by atoms with Crippen LogP contribution in [0.4, 0.5) is 18.9 Å². The van der Waals surface area contributed by atoms with Gasteiger partial charge in [0.15, 0.2) is 0 Å². The quantitative estimate of drug-likeness (QED) is 0.299. The standard InChI is InChI=1S/C19H23F3N4S/c1-2-12-9-19(21,22)10-26(12)27-13-5-3-11(4-6-13)14-7-8-15(23)16(17(14)20)18(24)25/h3,5-8,11-12H,2,4,9-10,23H2,1H3,(H3,24,25). The smallest absolute Gasteiger partial charge is 0.263 e. The number of nitrogen functional groups attached to an aromatic ring is 2. The maximum atomic E-state index is 14.7. The van der Waals surface area contributed by atoms with Gasteiger partial charge in [-0.1, -0.05) is 31.2 Å². The number of nitrogens with zero attached hydrogens (tertiary/aromatic N) is 1. The molecule has 2 atom stereocenters. The van der Waals surface area contributed by atoms with Crippen LogP contribution in [-0.2, 0) is 0 Å². The third-order valence-electron chi connectivity index (χ3n) is 4.96. The first kappa shape index (κ1) is 19.8. The molecule has 1 heterocycles. The topological polar surface area (TPSA) is 79.1 Å². The van der Waals surface area contributed by atoms with E-state index in [1.165, 1.54) is 11.9 Å². The molecule has 0 amide bonds. The maximum absolute atomic E-state index is 14.7. The Morgan fingerprint density at radius 1 is 1.41 bits per heavy atom. The minimum absolute atomic E-state index is 0.0739. The van der Waals surface area contributed by atoms with Gasteiger partial charge < -0.3 is 11.5 Å². The van der Waals surface area contributed by atoms with Crippen LogP contribution in [-0.4, -0.2) is 28.6 Å². The number of halogens is 3. The number of allylic oxidation sites excluding steroid dienone is 3. The normalized spacial score (nSPS) is 24.8. The van der Waals surface area contributed by atoms with Gasteiger partial charge in [0.25, 0.3) is 5.92 Å². The molecule has 146 valence electrons. The van der Waals surface area contributed by atoms with Gasteiger partial charge in [0.2, 0.25) is 0 Å². The molecular formula is C19H23F3N4S.